The number of nitrogens with zero attached hydrogens (tertiary/aromatic N) is 1. The molecule has 2 aromatic carbocycles. The zero-order valence-electron chi connectivity index (χ0n) is 14.4. The lowest BCUT2D eigenvalue weighted by Crippen LogP contribution is -2.16. The number of methoxy groups -OCH3 is 1. The minimum absolute atomic E-state index is 0.0244. The molecule has 0 saturated carbocycles. The van der Waals surface area contributed by atoms with Crippen LogP contribution in [0.4, 0.5) is 5.69 Å². The van der Waals surface area contributed by atoms with Gasteiger partial charge in [-0.1, -0.05) is 17.7 Å². The van der Waals surface area contributed by atoms with Gasteiger partial charge in [-0.2, -0.15) is 0 Å². The average molecular weight is 326 g/mol. The first-order chi connectivity index (χ1) is 11.4. The van der Waals surface area contributed by atoms with Gasteiger partial charge in [0.15, 0.2) is 0 Å². The molecule has 5 heteroatoms. The second-order valence-electron chi connectivity index (χ2n) is 5.72. The van der Waals surface area contributed by atoms with Gasteiger partial charge in [-0.05, 0) is 50.1 Å². The fourth-order valence-corrected chi connectivity index (χ4v) is 2.55. The molecule has 0 unspecified atom stereocenters. The fourth-order valence-electron chi connectivity index (χ4n) is 2.55. The van der Waals surface area contributed by atoms with Crippen LogP contribution in [-0.2, 0) is 4.79 Å². The van der Waals surface area contributed by atoms with Gasteiger partial charge in [0.05, 0.1) is 7.11 Å². The number of hydrogen-bond acceptors (Lipinski definition) is 4. The molecule has 0 aliphatic carbocycles. The maximum Gasteiger partial charge on any atom is 0.246 e. The first kappa shape index (κ1) is 17.5. The van der Waals surface area contributed by atoms with E-state index in [0.717, 1.165) is 22.4 Å². The lowest BCUT2D eigenvalue weighted by molar-refractivity contribution is -0.114. The molecule has 2 rings (SSSR count). The van der Waals surface area contributed by atoms with E-state index in [4.69, 9.17) is 4.74 Å². The number of aromatic hydroxyl groups is 1. The van der Waals surface area contributed by atoms with Crippen LogP contribution in [-0.4, -0.2) is 30.9 Å². The number of phenolic OH excluding ortho intramolecular Hbond substituents is 1. The molecule has 0 heterocycles. The SMILES string of the molecule is COc1ccc(O)c(C=NCC(=O)Nc2c(C)cc(C)cc2C)c1. The summed E-state index contributed by atoms with van der Waals surface area (Å²) in [4.78, 5) is 16.2. The minimum atomic E-state index is -0.205. The van der Waals surface area contributed by atoms with E-state index in [9.17, 15) is 9.90 Å². The number of nitrogens with one attached hydrogen (secondary N) is 1. The number of ether oxygens (including phenoxy) is 1. The van der Waals surface area contributed by atoms with Crippen molar-refractivity contribution in [3.8, 4) is 11.5 Å². The highest BCUT2D eigenvalue weighted by Gasteiger charge is 2.08. The Labute approximate surface area is 142 Å². The first-order valence-electron chi connectivity index (χ1n) is 7.65. The van der Waals surface area contributed by atoms with Crippen LogP contribution in [0.1, 0.15) is 22.3 Å². The van der Waals surface area contributed by atoms with Crippen LogP contribution in [0.2, 0.25) is 0 Å². The van der Waals surface area contributed by atoms with Crippen LogP contribution in [0, 0.1) is 20.8 Å². The van der Waals surface area contributed by atoms with Crippen molar-refractivity contribution < 1.29 is 14.6 Å². The summed E-state index contributed by atoms with van der Waals surface area (Å²) in [5, 5.41) is 12.7. The number of carbonyl (C=O) groups is 1. The highest BCUT2D eigenvalue weighted by Crippen LogP contribution is 2.22. The van der Waals surface area contributed by atoms with E-state index in [1.807, 2.05) is 32.9 Å². The second kappa shape index (κ2) is 7.64. The molecule has 1 amide bonds. The molecule has 2 aromatic rings. The molecular formula is C19H22N2O3. The Morgan fingerprint density at radius 2 is 1.88 bits per heavy atom. The number of hydrogen-bond donors (Lipinski definition) is 2. The van der Waals surface area contributed by atoms with Crippen molar-refractivity contribution in [1.82, 2.24) is 0 Å². The number of aryl methyl sites for hydroxylation is 3. The predicted octanol–water partition coefficient (Wildman–Crippen LogP) is 3.38. The van der Waals surface area contributed by atoms with Gasteiger partial charge >= 0.3 is 0 Å². The van der Waals surface area contributed by atoms with E-state index in [-0.39, 0.29) is 18.2 Å². The van der Waals surface area contributed by atoms with Gasteiger partial charge in [0.2, 0.25) is 5.91 Å². The highest BCUT2D eigenvalue weighted by atomic mass is 16.5. The zero-order chi connectivity index (χ0) is 17.7. The molecule has 0 saturated heterocycles. The predicted molar refractivity (Wildman–Crippen MR) is 96.4 cm³/mol. The Morgan fingerprint density at radius 3 is 2.50 bits per heavy atom. The summed E-state index contributed by atoms with van der Waals surface area (Å²) >= 11 is 0. The van der Waals surface area contributed by atoms with E-state index >= 15 is 0 Å². The molecule has 126 valence electrons. The van der Waals surface area contributed by atoms with Crippen LogP contribution in [0.15, 0.2) is 35.3 Å². The van der Waals surface area contributed by atoms with Crippen molar-refractivity contribution >= 4 is 17.8 Å². The quantitative estimate of drug-likeness (QED) is 0.828. The molecule has 0 radical (unpaired) electrons. The number of anilines is 1. The molecule has 0 aliphatic rings. The highest BCUT2D eigenvalue weighted by molar-refractivity contribution is 5.95. The van der Waals surface area contributed by atoms with E-state index in [0.29, 0.717) is 11.3 Å². The van der Waals surface area contributed by atoms with Gasteiger partial charge in [-0.3, -0.25) is 9.79 Å². The van der Waals surface area contributed by atoms with Crippen LogP contribution >= 0.6 is 0 Å². The third-order valence-corrected chi connectivity index (χ3v) is 3.64. The van der Waals surface area contributed by atoms with Crippen molar-refractivity contribution in [1.29, 1.82) is 0 Å². The molecule has 0 fully saturated rings. The monoisotopic (exact) mass is 326 g/mol. The third kappa shape index (κ3) is 4.35. The molecule has 0 aliphatic heterocycles. The number of carbonyl (C=O) groups excluding carboxylic acids is 1. The molecule has 2 N–H and O–H groups in total. The standard InChI is InChI=1S/C19H22N2O3/c1-12-7-13(2)19(14(3)8-12)21-18(23)11-20-10-15-9-16(24-4)5-6-17(15)22/h5-10,22H,11H2,1-4H3,(H,21,23). The van der Waals surface area contributed by atoms with E-state index in [1.54, 1.807) is 19.2 Å². The summed E-state index contributed by atoms with van der Waals surface area (Å²) in [6.07, 6.45) is 1.46. The van der Waals surface area contributed by atoms with Crippen LogP contribution in [0.25, 0.3) is 0 Å². The molecule has 5 nitrogen and oxygen atoms in total. The smallest absolute Gasteiger partial charge is 0.246 e. The lowest BCUT2D eigenvalue weighted by Gasteiger charge is -2.12. The summed E-state index contributed by atoms with van der Waals surface area (Å²) in [5.74, 6) is 0.499. The van der Waals surface area contributed by atoms with Gasteiger partial charge in [0.1, 0.15) is 18.0 Å². The first-order valence-corrected chi connectivity index (χ1v) is 7.65. The Kier molecular flexibility index (Phi) is 5.58. The Balaban J connectivity index is 2.04. The van der Waals surface area contributed by atoms with Crippen molar-refractivity contribution in [2.75, 3.05) is 19.0 Å². The maximum atomic E-state index is 12.1. The lowest BCUT2D eigenvalue weighted by atomic mass is 10.1. The van der Waals surface area contributed by atoms with E-state index in [1.165, 1.54) is 12.3 Å². The van der Waals surface area contributed by atoms with Crippen LogP contribution in [0.5, 0.6) is 11.5 Å². The van der Waals surface area contributed by atoms with Crippen LogP contribution in [0.3, 0.4) is 0 Å². The molecule has 0 bridgehead atoms. The summed E-state index contributed by atoms with van der Waals surface area (Å²) in [5.41, 5.74) is 4.54. The minimum Gasteiger partial charge on any atom is -0.507 e. The van der Waals surface area contributed by atoms with Crippen LogP contribution < -0.4 is 10.1 Å². The molecule has 24 heavy (non-hydrogen) atoms. The summed E-state index contributed by atoms with van der Waals surface area (Å²) in [6.45, 7) is 5.93. The largest absolute Gasteiger partial charge is 0.507 e. The van der Waals surface area contributed by atoms with Gasteiger partial charge in [0.25, 0.3) is 0 Å². The average Bonchev–Trinajstić information content (AvgIpc) is 2.52. The van der Waals surface area contributed by atoms with Gasteiger partial charge < -0.3 is 15.2 Å². The normalized spacial score (nSPS) is 10.8. The summed E-state index contributed by atoms with van der Waals surface area (Å²) in [7, 11) is 1.55. The van der Waals surface area contributed by atoms with Crippen molar-refractivity contribution in [2.24, 2.45) is 4.99 Å². The maximum absolute atomic E-state index is 12.1. The molecule has 0 spiro atoms. The van der Waals surface area contributed by atoms with Gasteiger partial charge in [-0.25, -0.2) is 0 Å². The topological polar surface area (TPSA) is 70.9 Å². The Bertz CT molecular complexity index is 759. The van der Waals surface area contributed by atoms with Crippen molar-refractivity contribution in [3.05, 3.63) is 52.6 Å². The number of benzene rings is 2. The fraction of sp³-hybridized carbons (Fsp3) is 0.263. The van der Waals surface area contributed by atoms with Crippen molar-refractivity contribution in [2.45, 2.75) is 20.8 Å². The second-order valence-corrected chi connectivity index (χ2v) is 5.72. The molecule has 0 atom stereocenters. The molecular weight excluding hydrogens is 304 g/mol. The summed E-state index contributed by atoms with van der Waals surface area (Å²) < 4.78 is 5.10. The Hall–Kier alpha value is -2.82. The third-order valence-electron chi connectivity index (χ3n) is 3.64. The number of aliphatic imine (C=N–C) groups is 1. The van der Waals surface area contributed by atoms with Crippen molar-refractivity contribution in [3.63, 3.8) is 0 Å². The Morgan fingerprint density at radius 1 is 1.21 bits per heavy atom. The van der Waals surface area contributed by atoms with Gasteiger partial charge in [-0.15, -0.1) is 0 Å². The summed E-state index contributed by atoms with van der Waals surface area (Å²) in [6, 6.07) is 8.90. The molecule has 0 aromatic heterocycles. The van der Waals surface area contributed by atoms with E-state index in [2.05, 4.69) is 10.3 Å². The number of phenols is 1. The zero-order valence-corrected chi connectivity index (χ0v) is 14.4. The van der Waals surface area contributed by atoms with E-state index < -0.39 is 0 Å². The number of amides is 1. The van der Waals surface area contributed by atoms with Gasteiger partial charge in [0, 0.05) is 17.5 Å². The number of rotatable bonds is 5.